The lowest BCUT2D eigenvalue weighted by Crippen LogP contribution is -2.57. The topological polar surface area (TPSA) is 52.7 Å². The minimum Gasteiger partial charge on any atom is -0.351 e. The van der Waals surface area contributed by atoms with Crippen molar-refractivity contribution in [1.82, 2.24) is 4.90 Å². The molecular formula is C21H21F2N3O2. The third-order valence-electron chi connectivity index (χ3n) is 5.35. The Balaban J connectivity index is 1.66. The number of carbonyl (C=O) groups is 2. The van der Waals surface area contributed by atoms with Gasteiger partial charge in [0.1, 0.15) is 17.8 Å². The molecule has 2 aromatic rings. The van der Waals surface area contributed by atoms with Gasteiger partial charge in [-0.1, -0.05) is 0 Å². The van der Waals surface area contributed by atoms with E-state index in [1.807, 2.05) is 11.8 Å². The maximum Gasteiger partial charge on any atom is 0.257 e. The van der Waals surface area contributed by atoms with Crippen LogP contribution in [0.5, 0.6) is 0 Å². The fourth-order valence-corrected chi connectivity index (χ4v) is 4.09. The molecule has 0 spiro atoms. The van der Waals surface area contributed by atoms with Crippen molar-refractivity contribution < 1.29 is 18.4 Å². The predicted octanol–water partition coefficient (Wildman–Crippen LogP) is 4.01. The zero-order valence-corrected chi connectivity index (χ0v) is 15.5. The van der Waals surface area contributed by atoms with E-state index in [1.54, 1.807) is 18.2 Å². The van der Waals surface area contributed by atoms with E-state index in [0.717, 1.165) is 49.7 Å². The Morgan fingerprint density at radius 2 is 1.89 bits per heavy atom. The number of anilines is 2. The van der Waals surface area contributed by atoms with Crippen LogP contribution in [0.15, 0.2) is 36.4 Å². The average Bonchev–Trinajstić information content (AvgIpc) is 2.67. The molecule has 0 aromatic heterocycles. The molecule has 5 nitrogen and oxygen atoms in total. The summed E-state index contributed by atoms with van der Waals surface area (Å²) in [7, 11) is 0. The molecule has 0 aliphatic carbocycles. The molecule has 1 atom stereocenters. The molecule has 28 heavy (non-hydrogen) atoms. The first-order chi connectivity index (χ1) is 13.5. The van der Waals surface area contributed by atoms with Gasteiger partial charge in [0.05, 0.1) is 11.3 Å². The third kappa shape index (κ3) is 3.21. The molecule has 1 unspecified atom stereocenters. The third-order valence-corrected chi connectivity index (χ3v) is 5.35. The van der Waals surface area contributed by atoms with Crippen molar-refractivity contribution in [3.05, 3.63) is 59.2 Å². The van der Waals surface area contributed by atoms with E-state index >= 15 is 0 Å². The molecule has 2 aliphatic rings. The number of carbonyl (C=O) groups excluding carboxylic acids is 2. The normalized spacial score (nSPS) is 18.5. The molecule has 2 amide bonds. The van der Waals surface area contributed by atoms with Crippen molar-refractivity contribution in [2.75, 3.05) is 23.3 Å². The summed E-state index contributed by atoms with van der Waals surface area (Å²) in [6.07, 6.45) is 2.97. The Hall–Kier alpha value is -2.96. The highest BCUT2D eigenvalue weighted by Crippen LogP contribution is 2.35. The standard InChI is InChI=1S/C21H21F2N3O2/c1-2-25-18-9-13(20(27)24-16-11-14(22)10-15(23)12-16)6-7-17(18)21(28)26-8-4-3-5-19(25)26/h6-7,9-12,19H,2-5,8H2,1H3,(H,24,27). The van der Waals surface area contributed by atoms with Crippen molar-refractivity contribution in [3.63, 3.8) is 0 Å². The van der Waals surface area contributed by atoms with Gasteiger partial charge in [-0.25, -0.2) is 8.78 Å². The first-order valence-corrected chi connectivity index (χ1v) is 9.47. The second kappa shape index (κ2) is 7.22. The molecular weight excluding hydrogens is 364 g/mol. The zero-order chi connectivity index (χ0) is 19.8. The Bertz CT molecular complexity index is 927. The molecule has 146 valence electrons. The van der Waals surface area contributed by atoms with E-state index < -0.39 is 17.5 Å². The van der Waals surface area contributed by atoms with Gasteiger partial charge in [0.2, 0.25) is 0 Å². The van der Waals surface area contributed by atoms with Crippen LogP contribution in [-0.2, 0) is 0 Å². The number of nitrogens with zero attached hydrogens (tertiary/aromatic N) is 2. The molecule has 1 fully saturated rings. The van der Waals surface area contributed by atoms with Crippen LogP contribution in [0.4, 0.5) is 20.2 Å². The lowest BCUT2D eigenvalue weighted by atomic mass is 9.97. The molecule has 1 saturated heterocycles. The van der Waals surface area contributed by atoms with Gasteiger partial charge in [0.25, 0.3) is 11.8 Å². The van der Waals surface area contributed by atoms with Crippen molar-refractivity contribution in [1.29, 1.82) is 0 Å². The minimum absolute atomic E-state index is 0.00868. The van der Waals surface area contributed by atoms with Crippen LogP contribution < -0.4 is 10.2 Å². The highest BCUT2D eigenvalue weighted by atomic mass is 19.1. The summed E-state index contributed by atoms with van der Waals surface area (Å²) >= 11 is 0. The van der Waals surface area contributed by atoms with Gasteiger partial charge in [-0.3, -0.25) is 9.59 Å². The van der Waals surface area contributed by atoms with Crippen molar-refractivity contribution in [2.24, 2.45) is 0 Å². The summed E-state index contributed by atoms with van der Waals surface area (Å²) in [6, 6.07) is 7.78. The van der Waals surface area contributed by atoms with E-state index in [4.69, 9.17) is 0 Å². The number of piperidine rings is 1. The maximum atomic E-state index is 13.4. The predicted molar refractivity (Wildman–Crippen MR) is 102 cm³/mol. The number of benzene rings is 2. The largest absolute Gasteiger partial charge is 0.351 e. The molecule has 7 heteroatoms. The van der Waals surface area contributed by atoms with E-state index in [2.05, 4.69) is 10.2 Å². The zero-order valence-electron chi connectivity index (χ0n) is 15.5. The van der Waals surface area contributed by atoms with Crippen molar-refractivity contribution in [2.45, 2.75) is 32.4 Å². The number of halogens is 2. The molecule has 1 N–H and O–H groups in total. The van der Waals surface area contributed by atoms with Gasteiger partial charge in [-0.15, -0.1) is 0 Å². The van der Waals surface area contributed by atoms with Crippen LogP contribution in [0, 0.1) is 11.6 Å². The lowest BCUT2D eigenvalue weighted by Gasteiger charge is -2.47. The van der Waals surface area contributed by atoms with Gasteiger partial charge in [0, 0.05) is 30.4 Å². The minimum atomic E-state index is -0.763. The second-order valence-corrected chi connectivity index (χ2v) is 7.11. The summed E-state index contributed by atoms with van der Waals surface area (Å²) in [4.78, 5) is 29.5. The quantitative estimate of drug-likeness (QED) is 0.869. The summed E-state index contributed by atoms with van der Waals surface area (Å²) < 4.78 is 26.7. The van der Waals surface area contributed by atoms with Crippen LogP contribution in [0.2, 0.25) is 0 Å². The van der Waals surface area contributed by atoms with Gasteiger partial charge < -0.3 is 15.1 Å². The molecule has 0 bridgehead atoms. The van der Waals surface area contributed by atoms with E-state index in [0.29, 0.717) is 17.7 Å². The summed E-state index contributed by atoms with van der Waals surface area (Å²) in [5.74, 6) is -2.02. The Morgan fingerprint density at radius 1 is 1.14 bits per heavy atom. The first-order valence-electron chi connectivity index (χ1n) is 9.47. The molecule has 4 rings (SSSR count). The fraction of sp³-hybridized carbons (Fsp3) is 0.333. The van der Waals surface area contributed by atoms with Gasteiger partial charge in [-0.05, 0) is 56.5 Å². The number of rotatable bonds is 3. The second-order valence-electron chi connectivity index (χ2n) is 7.11. The SMILES string of the molecule is CCN1c2cc(C(=O)Nc3cc(F)cc(F)c3)ccc2C(=O)N2CCCCC21. The van der Waals surface area contributed by atoms with Gasteiger partial charge >= 0.3 is 0 Å². The average molecular weight is 385 g/mol. The number of nitrogens with one attached hydrogen (secondary N) is 1. The summed E-state index contributed by atoms with van der Waals surface area (Å²) in [5.41, 5.74) is 1.68. The number of amides is 2. The van der Waals surface area contributed by atoms with E-state index in [1.165, 1.54) is 0 Å². The Morgan fingerprint density at radius 3 is 2.61 bits per heavy atom. The number of hydrogen-bond donors (Lipinski definition) is 1. The van der Waals surface area contributed by atoms with Crippen LogP contribution in [0.1, 0.15) is 46.9 Å². The lowest BCUT2D eigenvalue weighted by molar-refractivity contribution is 0.0582. The van der Waals surface area contributed by atoms with Crippen molar-refractivity contribution in [3.8, 4) is 0 Å². The highest BCUT2D eigenvalue weighted by Gasteiger charge is 2.38. The number of fused-ring (bicyclic) bond motifs is 2. The molecule has 0 radical (unpaired) electrons. The van der Waals surface area contributed by atoms with E-state index in [9.17, 15) is 18.4 Å². The van der Waals surface area contributed by atoms with E-state index in [-0.39, 0.29) is 17.8 Å². The van der Waals surface area contributed by atoms with Crippen molar-refractivity contribution >= 4 is 23.2 Å². The van der Waals surface area contributed by atoms with Gasteiger partial charge in [0.15, 0.2) is 0 Å². The van der Waals surface area contributed by atoms with Crippen LogP contribution in [0.3, 0.4) is 0 Å². The summed E-state index contributed by atoms with van der Waals surface area (Å²) in [6.45, 7) is 3.48. The molecule has 2 heterocycles. The summed E-state index contributed by atoms with van der Waals surface area (Å²) in [5, 5.41) is 2.51. The smallest absolute Gasteiger partial charge is 0.257 e. The Kier molecular flexibility index (Phi) is 4.75. The monoisotopic (exact) mass is 385 g/mol. The Labute approximate surface area is 161 Å². The van der Waals surface area contributed by atoms with Crippen LogP contribution in [-0.4, -0.2) is 36.0 Å². The maximum absolute atomic E-state index is 13.4. The highest BCUT2D eigenvalue weighted by molar-refractivity contribution is 6.08. The fourth-order valence-electron chi connectivity index (χ4n) is 4.09. The van der Waals surface area contributed by atoms with Gasteiger partial charge in [-0.2, -0.15) is 0 Å². The molecule has 2 aromatic carbocycles. The molecule has 0 saturated carbocycles. The van der Waals surface area contributed by atoms with Crippen LogP contribution in [0.25, 0.3) is 0 Å². The van der Waals surface area contributed by atoms with Crippen LogP contribution >= 0.6 is 0 Å². The molecule has 2 aliphatic heterocycles. The first kappa shape index (κ1) is 18.4. The number of hydrogen-bond acceptors (Lipinski definition) is 3.